The average Bonchev–Trinajstić information content (AvgIpc) is 2.35. The summed E-state index contributed by atoms with van der Waals surface area (Å²) in [6.45, 7) is 3.72. The maximum Gasteiger partial charge on any atom is 0.333 e. The van der Waals surface area contributed by atoms with Gasteiger partial charge in [0.05, 0.1) is 12.2 Å². The quantitative estimate of drug-likeness (QED) is 0.568. The first-order chi connectivity index (χ1) is 9.31. The number of anilines is 1. The van der Waals surface area contributed by atoms with E-state index < -0.39 is 5.97 Å². The van der Waals surface area contributed by atoms with Crippen LogP contribution in [0.4, 0.5) is 5.82 Å². The lowest BCUT2D eigenvalue weighted by Gasteiger charge is -2.04. The smallest absolute Gasteiger partial charge is 0.333 e. The number of hydrogen-bond acceptors (Lipinski definition) is 5. The van der Waals surface area contributed by atoms with Crippen LogP contribution in [-0.4, -0.2) is 11.0 Å². The molecular formula is C13H15ClN4O2. The van der Waals surface area contributed by atoms with E-state index in [1.807, 2.05) is 19.9 Å². The molecule has 2 aromatic rings. The van der Waals surface area contributed by atoms with Crippen LogP contribution in [0.2, 0.25) is 5.15 Å². The third kappa shape index (κ3) is 4.40. The molecule has 2 rings (SSSR count). The molecule has 4 N–H and O–H groups in total. The van der Waals surface area contributed by atoms with Gasteiger partial charge in [-0.05, 0) is 19.4 Å². The highest BCUT2D eigenvalue weighted by Crippen LogP contribution is 2.07. The van der Waals surface area contributed by atoms with Crippen LogP contribution in [0.25, 0.3) is 0 Å². The molecule has 0 amide bonds. The molecule has 1 heterocycles. The SMILES string of the molecule is Cc1cc(C)cc(C(=O)[O-])c1.Nc1c(Cl)ncc[n+]1N. The fourth-order valence-electron chi connectivity index (χ4n) is 1.52. The first-order valence-electron chi connectivity index (χ1n) is 5.67. The standard InChI is InChI=1S/C9H10O2.C4H5ClN4/c1-6-3-7(2)5-8(4-6)9(10)11;5-3-4(6)9(7)2-1-8-3/h3-5H,1-2H3,(H,10,11);1-2,6H,7H2. The summed E-state index contributed by atoms with van der Waals surface area (Å²) in [5.41, 5.74) is 7.47. The minimum Gasteiger partial charge on any atom is -0.545 e. The number of aryl methyl sites for hydroxylation is 2. The van der Waals surface area contributed by atoms with Crippen molar-refractivity contribution < 1.29 is 14.6 Å². The fourth-order valence-corrected chi connectivity index (χ4v) is 1.67. The van der Waals surface area contributed by atoms with Crippen molar-refractivity contribution in [3.63, 3.8) is 0 Å². The van der Waals surface area contributed by atoms with Crippen LogP contribution < -0.4 is 21.4 Å². The lowest BCUT2D eigenvalue weighted by Crippen LogP contribution is -2.46. The second-order valence-electron chi connectivity index (χ2n) is 4.17. The van der Waals surface area contributed by atoms with Crippen LogP contribution in [0.3, 0.4) is 0 Å². The number of aromatic nitrogens is 2. The average molecular weight is 295 g/mol. The number of aromatic carboxylic acids is 1. The predicted molar refractivity (Wildman–Crippen MR) is 74.3 cm³/mol. The molecule has 0 unspecified atom stereocenters. The molecular weight excluding hydrogens is 280 g/mol. The molecule has 0 bridgehead atoms. The van der Waals surface area contributed by atoms with E-state index in [9.17, 15) is 9.90 Å². The molecule has 1 aromatic carbocycles. The van der Waals surface area contributed by atoms with E-state index in [-0.39, 0.29) is 16.5 Å². The Labute approximate surface area is 121 Å². The summed E-state index contributed by atoms with van der Waals surface area (Å²) in [4.78, 5) is 14.1. The van der Waals surface area contributed by atoms with Gasteiger partial charge in [0.15, 0.2) is 0 Å². The van der Waals surface area contributed by atoms with Gasteiger partial charge in [-0.25, -0.2) is 4.98 Å². The van der Waals surface area contributed by atoms with Crippen LogP contribution in [0.5, 0.6) is 0 Å². The second kappa shape index (κ2) is 6.72. The Balaban J connectivity index is 0.000000204. The summed E-state index contributed by atoms with van der Waals surface area (Å²) in [6, 6.07) is 5.12. The van der Waals surface area contributed by atoms with Gasteiger partial charge in [0, 0.05) is 0 Å². The van der Waals surface area contributed by atoms with E-state index in [1.54, 1.807) is 12.1 Å². The van der Waals surface area contributed by atoms with Crippen molar-refractivity contribution in [3.8, 4) is 0 Å². The van der Waals surface area contributed by atoms with Crippen molar-refractivity contribution in [2.45, 2.75) is 13.8 Å². The number of carbonyl (C=O) groups excluding carboxylic acids is 1. The number of rotatable bonds is 1. The van der Waals surface area contributed by atoms with Crippen molar-refractivity contribution in [3.05, 3.63) is 52.4 Å². The highest BCUT2D eigenvalue weighted by atomic mass is 35.5. The lowest BCUT2D eigenvalue weighted by molar-refractivity contribution is -0.624. The van der Waals surface area contributed by atoms with Crippen molar-refractivity contribution >= 4 is 23.4 Å². The molecule has 0 atom stereocenters. The minimum absolute atomic E-state index is 0.222. The molecule has 1 aromatic heterocycles. The highest BCUT2D eigenvalue weighted by Gasteiger charge is 2.05. The van der Waals surface area contributed by atoms with E-state index in [2.05, 4.69) is 4.98 Å². The van der Waals surface area contributed by atoms with Crippen LogP contribution in [0.15, 0.2) is 30.6 Å². The van der Waals surface area contributed by atoms with Crippen molar-refractivity contribution in [2.24, 2.45) is 0 Å². The van der Waals surface area contributed by atoms with Crippen molar-refractivity contribution in [2.75, 3.05) is 11.6 Å². The molecule has 6 nitrogen and oxygen atoms in total. The van der Waals surface area contributed by atoms with Gasteiger partial charge in [-0.3, -0.25) is 11.6 Å². The largest absolute Gasteiger partial charge is 0.545 e. The molecule has 0 fully saturated rings. The minimum atomic E-state index is -1.11. The number of hydrogen-bond donors (Lipinski definition) is 2. The molecule has 106 valence electrons. The van der Waals surface area contributed by atoms with Crippen LogP contribution in [0, 0.1) is 13.8 Å². The van der Waals surface area contributed by atoms with E-state index >= 15 is 0 Å². The monoisotopic (exact) mass is 294 g/mol. The highest BCUT2D eigenvalue weighted by molar-refractivity contribution is 6.31. The van der Waals surface area contributed by atoms with Crippen LogP contribution in [0.1, 0.15) is 21.5 Å². The van der Waals surface area contributed by atoms with Crippen molar-refractivity contribution in [1.29, 1.82) is 0 Å². The molecule has 0 spiro atoms. The molecule has 0 aliphatic carbocycles. The summed E-state index contributed by atoms with van der Waals surface area (Å²) >= 11 is 5.48. The number of benzene rings is 1. The summed E-state index contributed by atoms with van der Waals surface area (Å²) < 4.78 is 1.20. The Hall–Kier alpha value is -2.34. The number of halogens is 1. The Kier molecular flexibility index (Phi) is 5.28. The van der Waals surface area contributed by atoms with E-state index in [0.29, 0.717) is 0 Å². The summed E-state index contributed by atoms with van der Waals surface area (Å²) in [6.07, 6.45) is 2.99. The van der Waals surface area contributed by atoms with Gasteiger partial charge in [-0.1, -0.05) is 40.9 Å². The van der Waals surface area contributed by atoms with Gasteiger partial charge < -0.3 is 9.90 Å². The summed E-state index contributed by atoms with van der Waals surface area (Å²) in [5, 5.41) is 10.6. The van der Waals surface area contributed by atoms with Gasteiger partial charge in [0.2, 0.25) is 5.15 Å². The fraction of sp³-hybridized carbons (Fsp3) is 0.154. The van der Waals surface area contributed by atoms with Gasteiger partial charge in [-0.15, -0.1) is 4.68 Å². The topological polar surface area (TPSA) is 109 Å². The van der Waals surface area contributed by atoms with Crippen LogP contribution in [-0.2, 0) is 0 Å². The van der Waals surface area contributed by atoms with Gasteiger partial charge in [-0.2, -0.15) is 0 Å². The zero-order valence-corrected chi connectivity index (χ0v) is 11.9. The van der Waals surface area contributed by atoms with E-state index in [0.717, 1.165) is 11.1 Å². The molecule has 0 saturated heterocycles. The first-order valence-corrected chi connectivity index (χ1v) is 6.05. The zero-order valence-electron chi connectivity index (χ0n) is 11.1. The number of nitrogens with zero attached hydrogens (tertiary/aromatic N) is 2. The van der Waals surface area contributed by atoms with Gasteiger partial charge in [0.25, 0.3) is 0 Å². The number of carboxylic acid groups (broad SMARTS) is 1. The number of carbonyl (C=O) groups is 1. The Bertz CT molecular complexity index is 591. The van der Waals surface area contributed by atoms with Gasteiger partial charge >= 0.3 is 5.82 Å². The molecule has 20 heavy (non-hydrogen) atoms. The van der Waals surface area contributed by atoms with E-state index in [4.69, 9.17) is 23.2 Å². The third-order valence-electron chi connectivity index (χ3n) is 2.36. The second-order valence-corrected chi connectivity index (χ2v) is 4.53. The Morgan fingerprint density at radius 1 is 1.30 bits per heavy atom. The maximum absolute atomic E-state index is 10.4. The number of nitrogen functional groups attached to an aromatic ring is 2. The Morgan fingerprint density at radius 2 is 1.85 bits per heavy atom. The zero-order chi connectivity index (χ0) is 15.3. The number of carboxylic acids is 1. The number of nitrogens with two attached hydrogens (primary N) is 2. The molecule has 0 radical (unpaired) electrons. The third-order valence-corrected chi connectivity index (χ3v) is 2.65. The predicted octanol–water partition coefficient (Wildman–Crippen LogP) is -0.0146. The maximum atomic E-state index is 10.4. The summed E-state index contributed by atoms with van der Waals surface area (Å²) in [5.74, 6) is 4.44. The van der Waals surface area contributed by atoms with Crippen molar-refractivity contribution in [1.82, 2.24) is 4.98 Å². The summed E-state index contributed by atoms with van der Waals surface area (Å²) in [7, 11) is 0. The first kappa shape index (κ1) is 15.7. The molecule has 0 aliphatic rings. The Morgan fingerprint density at radius 3 is 2.25 bits per heavy atom. The lowest BCUT2D eigenvalue weighted by atomic mass is 10.1. The van der Waals surface area contributed by atoms with Gasteiger partial charge in [0.1, 0.15) is 6.20 Å². The van der Waals surface area contributed by atoms with E-state index in [1.165, 1.54) is 17.1 Å². The molecule has 0 saturated carbocycles. The molecule has 7 heteroatoms. The normalized spacial score (nSPS) is 9.55. The van der Waals surface area contributed by atoms with Crippen LogP contribution >= 0.6 is 11.6 Å². The molecule has 0 aliphatic heterocycles.